The molecule has 142 valence electrons. The summed E-state index contributed by atoms with van der Waals surface area (Å²) in [6.45, 7) is 7.21. The number of halogens is 3. The molecule has 6 heteroatoms. The first-order chi connectivity index (χ1) is 12.4. The smallest absolute Gasteiger partial charge is 0.416 e. The third kappa shape index (κ3) is 5.14. The van der Waals surface area contributed by atoms with Gasteiger partial charge >= 0.3 is 6.18 Å². The van der Waals surface area contributed by atoms with E-state index in [0.29, 0.717) is 25.2 Å². The Hall–Kier alpha value is -2.21. The van der Waals surface area contributed by atoms with Crippen LogP contribution < -0.4 is 4.90 Å². The first-order valence-corrected chi connectivity index (χ1v) is 8.85. The minimum absolute atomic E-state index is 0.223. The van der Waals surface area contributed by atoms with Crippen LogP contribution in [0, 0.1) is 0 Å². The maximum absolute atomic E-state index is 13.1. The molecule has 26 heavy (non-hydrogen) atoms. The number of phenols is 1. The zero-order chi connectivity index (χ0) is 19.2. The SMILES string of the molecule is CC.Oc1ccc(N2CCN(Cc3ccccc3C(F)(F)F)CC2)cc1. The van der Waals surface area contributed by atoms with Crippen molar-refractivity contribution in [2.75, 3.05) is 31.1 Å². The van der Waals surface area contributed by atoms with Crippen molar-refractivity contribution in [1.29, 1.82) is 0 Å². The molecule has 0 spiro atoms. The van der Waals surface area contributed by atoms with Crippen molar-refractivity contribution >= 4 is 5.69 Å². The van der Waals surface area contributed by atoms with Gasteiger partial charge in [-0.25, -0.2) is 0 Å². The third-order valence-electron chi connectivity index (χ3n) is 4.30. The molecule has 1 N–H and O–H groups in total. The van der Waals surface area contributed by atoms with Gasteiger partial charge in [0.15, 0.2) is 0 Å². The van der Waals surface area contributed by atoms with Crippen molar-refractivity contribution in [3.8, 4) is 5.75 Å². The number of hydrogen-bond donors (Lipinski definition) is 1. The molecule has 2 aromatic carbocycles. The summed E-state index contributed by atoms with van der Waals surface area (Å²) in [5, 5.41) is 9.33. The van der Waals surface area contributed by atoms with Crippen LogP contribution in [0.2, 0.25) is 0 Å². The second kappa shape index (κ2) is 8.94. The summed E-state index contributed by atoms with van der Waals surface area (Å²) in [6.07, 6.45) is -4.32. The van der Waals surface area contributed by atoms with Gasteiger partial charge in [0.05, 0.1) is 5.56 Å². The van der Waals surface area contributed by atoms with E-state index in [9.17, 15) is 18.3 Å². The van der Waals surface area contributed by atoms with Crippen LogP contribution in [0.3, 0.4) is 0 Å². The van der Waals surface area contributed by atoms with Crippen molar-refractivity contribution in [3.63, 3.8) is 0 Å². The average Bonchev–Trinajstić information content (AvgIpc) is 2.64. The molecule has 0 atom stereocenters. The molecular weight excluding hydrogens is 341 g/mol. The minimum atomic E-state index is -4.32. The third-order valence-corrected chi connectivity index (χ3v) is 4.30. The molecule has 0 radical (unpaired) electrons. The standard InChI is InChI=1S/C18H19F3N2O.C2H6/c19-18(20,21)17-4-2-1-3-14(17)13-22-9-11-23(12-10-22)15-5-7-16(24)8-6-15;1-2/h1-8,24H,9-13H2;1-2H3. The van der Waals surface area contributed by atoms with E-state index in [0.717, 1.165) is 24.8 Å². The molecule has 0 bridgehead atoms. The maximum Gasteiger partial charge on any atom is 0.416 e. The Morgan fingerprint density at radius 1 is 0.885 bits per heavy atom. The number of anilines is 1. The van der Waals surface area contributed by atoms with E-state index < -0.39 is 11.7 Å². The number of nitrogens with zero attached hydrogens (tertiary/aromatic N) is 2. The van der Waals surface area contributed by atoms with Gasteiger partial charge in [0.25, 0.3) is 0 Å². The van der Waals surface area contributed by atoms with Gasteiger partial charge in [0.2, 0.25) is 0 Å². The number of rotatable bonds is 3. The van der Waals surface area contributed by atoms with E-state index in [-0.39, 0.29) is 5.75 Å². The van der Waals surface area contributed by atoms with Crippen molar-refractivity contribution in [2.24, 2.45) is 0 Å². The summed E-state index contributed by atoms with van der Waals surface area (Å²) in [7, 11) is 0. The van der Waals surface area contributed by atoms with E-state index in [1.54, 1.807) is 24.3 Å². The summed E-state index contributed by atoms with van der Waals surface area (Å²) in [6, 6.07) is 12.8. The Labute approximate surface area is 152 Å². The Balaban J connectivity index is 0.00000117. The summed E-state index contributed by atoms with van der Waals surface area (Å²) >= 11 is 0. The van der Waals surface area contributed by atoms with E-state index in [1.807, 2.05) is 30.9 Å². The lowest BCUT2D eigenvalue weighted by molar-refractivity contribution is -0.138. The normalized spacial score (nSPS) is 15.3. The number of phenolic OH excluding ortho intramolecular Hbond substituents is 1. The molecule has 0 aliphatic carbocycles. The van der Waals surface area contributed by atoms with Crippen molar-refractivity contribution in [3.05, 3.63) is 59.7 Å². The predicted molar refractivity (Wildman–Crippen MR) is 98.4 cm³/mol. The quantitative estimate of drug-likeness (QED) is 0.848. The highest BCUT2D eigenvalue weighted by molar-refractivity contribution is 5.49. The van der Waals surface area contributed by atoms with E-state index in [4.69, 9.17) is 0 Å². The molecule has 1 heterocycles. The van der Waals surface area contributed by atoms with Gasteiger partial charge in [-0.3, -0.25) is 4.90 Å². The van der Waals surface area contributed by atoms with Gasteiger partial charge in [0, 0.05) is 38.4 Å². The van der Waals surface area contributed by atoms with Gasteiger partial charge in [0.1, 0.15) is 5.75 Å². The Kier molecular flexibility index (Phi) is 6.91. The van der Waals surface area contributed by atoms with Crippen LogP contribution in [0.5, 0.6) is 5.75 Å². The summed E-state index contributed by atoms with van der Waals surface area (Å²) < 4.78 is 39.2. The van der Waals surface area contributed by atoms with Gasteiger partial charge in [-0.2, -0.15) is 13.2 Å². The number of aromatic hydroxyl groups is 1. The molecule has 0 amide bonds. The van der Waals surface area contributed by atoms with Crippen LogP contribution in [0.25, 0.3) is 0 Å². The maximum atomic E-state index is 13.1. The number of piperazine rings is 1. The highest BCUT2D eigenvalue weighted by Gasteiger charge is 2.33. The molecule has 1 aliphatic rings. The van der Waals surface area contributed by atoms with Gasteiger partial charge < -0.3 is 10.0 Å². The summed E-state index contributed by atoms with van der Waals surface area (Å²) in [5.41, 5.74) is 0.789. The molecule has 1 fully saturated rings. The Bertz CT molecular complexity index is 678. The molecular formula is C20H25F3N2O. The van der Waals surface area contributed by atoms with Crippen molar-refractivity contribution in [1.82, 2.24) is 4.90 Å². The van der Waals surface area contributed by atoms with Gasteiger partial charge in [-0.05, 0) is 35.9 Å². The first-order valence-electron chi connectivity index (χ1n) is 8.85. The molecule has 0 unspecified atom stereocenters. The molecule has 0 aromatic heterocycles. The second-order valence-corrected chi connectivity index (χ2v) is 5.93. The first kappa shape index (κ1) is 20.1. The van der Waals surface area contributed by atoms with Crippen molar-refractivity contribution < 1.29 is 18.3 Å². The van der Waals surface area contributed by atoms with Crippen molar-refractivity contribution in [2.45, 2.75) is 26.6 Å². The lowest BCUT2D eigenvalue weighted by Crippen LogP contribution is -2.46. The molecule has 3 nitrogen and oxygen atoms in total. The molecule has 2 aromatic rings. The zero-order valence-corrected chi connectivity index (χ0v) is 15.1. The predicted octanol–water partition coefficient (Wildman–Crippen LogP) is 4.76. The number of benzene rings is 2. The summed E-state index contributed by atoms with van der Waals surface area (Å²) in [4.78, 5) is 4.22. The van der Waals surface area contributed by atoms with E-state index >= 15 is 0 Å². The summed E-state index contributed by atoms with van der Waals surface area (Å²) in [5.74, 6) is 0.223. The number of alkyl halides is 3. The van der Waals surface area contributed by atoms with Crippen LogP contribution in [0.1, 0.15) is 25.0 Å². The topological polar surface area (TPSA) is 26.7 Å². The highest BCUT2D eigenvalue weighted by atomic mass is 19.4. The van der Waals surface area contributed by atoms with Crippen LogP contribution >= 0.6 is 0 Å². The molecule has 1 saturated heterocycles. The lowest BCUT2D eigenvalue weighted by Gasteiger charge is -2.36. The van der Waals surface area contributed by atoms with E-state index in [2.05, 4.69) is 4.90 Å². The average molecular weight is 366 g/mol. The fourth-order valence-electron chi connectivity index (χ4n) is 3.00. The van der Waals surface area contributed by atoms with Gasteiger partial charge in [-0.15, -0.1) is 0 Å². The molecule has 1 aliphatic heterocycles. The molecule has 3 rings (SSSR count). The van der Waals surface area contributed by atoms with Gasteiger partial charge in [-0.1, -0.05) is 32.0 Å². The van der Waals surface area contributed by atoms with Crippen LogP contribution in [-0.2, 0) is 12.7 Å². The largest absolute Gasteiger partial charge is 0.508 e. The fraction of sp³-hybridized carbons (Fsp3) is 0.400. The monoisotopic (exact) mass is 366 g/mol. The Morgan fingerprint density at radius 2 is 1.46 bits per heavy atom. The van der Waals surface area contributed by atoms with Crippen LogP contribution in [0.4, 0.5) is 18.9 Å². The lowest BCUT2D eigenvalue weighted by atomic mass is 10.1. The Morgan fingerprint density at radius 3 is 2.04 bits per heavy atom. The highest BCUT2D eigenvalue weighted by Crippen LogP contribution is 2.32. The van der Waals surface area contributed by atoms with E-state index in [1.165, 1.54) is 6.07 Å². The minimum Gasteiger partial charge on any atom is -0.508 e. The second-order valence-electron chi connectivity index (χ2n) is 5.93. The van der Waals surface area contributed by atoms with Crippen LogP contribution in [0.15, 0.2) is 48.5 Å². The van der Waals surface area contributed by atoms with Crippen LogP contribution in [-0.4, -0.2) is 36.2 Å². The zero-order valence-electron chi connectivity index (χ0n) is 15.1. The molecule has 0 saturated carbocycles. The fourth-order valence-corrected chi connectivity index (χ4v) is 3.00. The number of hydrogen-bond acceptors (Lipinski definition) is 3.